The monoisotopic (exact) mass is 265 g/mol. The molecule has 0 fully saturated rings. The van der Waals surface area contributed by atoms with E-state index in [4.69, 9.17) is 4.74 Å². The van der Waals surface area contributed by atoms with Crippen molar-refractivity contribution < 1.29 is 14.6 Å². The van der Waals surface area contributed by atoms with Gasteiger partial charge in [-0.25, -0.2) is 0 Å². The highest BCUT2D eigenvalue weighted by molar-refractivity contribution is 5.80. The van der Waals surface area contributed by atoms with E-state index in [1.54, 1.807) is 13.8 Å². The van der Waals surface area contributed by atoms with Gasteiger partial charge in [-0.2, -0.15) is 0 Å². The third kappa shape index (κ3) is 4.56. The average Bonchev–Trinajstić information content (AvgIpc) is 2.35. The molecule has 1 aromatic carbocycles. The van der Waals surface area contributed by atoms with Gasteiger partial charge in [0.05, 0.1) is 6.10 Å². The number of nitrogens with one attached hydrogen (secondary N) is 1. The maximum atomic E-state index is 11.8. The minimum atomic E-state index is -0.624. The van der Waals surface area contributed by atoms with E-state index < -0.39 is 12.2 Å². The number of amides is 1. The van der Waals surface area contributed by atoms with Crippen LogP contribution in [-0.2, 0) is 4.79 Å². The van der Waals surface area contributed by atoms with Crippen LogP contribution >= 0.6 is 0 Å². The Hall–Kier alpha value is -1.55. The first kappa shape index (κ1) is 15.5. The highest BCUT2D eigenvalue weighted by Crippen LogP contribution is 2.27. The summed E-state index contributed by atoms with van der Waals surface area (Å²) in [5.41, 5.74) is 1.72. The summed E-state index contributed by atoms with van der Waals surface area (Å²) < 4.78 is 5.67. The third-order valence-electron chi connectivity index (χ3n) is 2.84. The zero-order chi connectivity index (χ0) is 14.4. The summed E-state index contributed by atoms with van der Waals surface area (Å²) in [6.45, 7) is 7.97. The van der Waals surface area contributed by atoms with Crippen LogP contribution in [0.5, 0.6) is 5.75 Å². The van der Waals surface area contributed by atoms with E-state index >= 15 is 0 Å². The van der Waals surface area contributed by atoms with Gasteiger partial charge in [0.2, 0.25) is 0 Å². The highest BCUT2D eigenvalue weighted by atomic mass is 16.5. The number of rotatable bonds is 6. The van der Waals surface area contributed by atoms with Crippen molar-refractivity contribution in [2.45, 2.75) is 46.3 Å². The molecule has 106 valence electrons. The van der Waals surface area contributed by atoms with Gasteiger partial charge in [0.25, 0.3) is 5.91 Å². The molecule has 1 rings (SSSR count). The molecule has 0 bridgehead atoms. The van der Waals surface area contributed by atoms with Crippen molar-refractivity contribution in [3.05, 3.63) is 29.3 Å². The van der Waals surface area contributed by atoms with Gasteiger partial charge in [0, 0.05) is 12.1 Å². The van der Waals surface area contributed by atoms with E-state index in [0.717, 1.165) is 12.0 Å². The number of aliphatic hydroxyl groups excluding tert-OH is 1. The molecule has 0 radical (unpaired) electrons. The second-order valence-electron chi connectivity index (χ2n) is 4.77. The average molecular weight is 265 g/mol. The van der Waals surface area contributed by atoms with Crippen LogP contribution in [0.4, 0.5) is 0 Å². The molecule has 1 amide bonds. The summed E-state index contributed by atoms with van der Waals surface area (Å²) in [4.78, 5) is 11.8. The molecule has 4 nitrogen and oxygen atoms in total. The number of hydrogen-bond acceptors (Lipinski definition) is 3. The van der Waals surface area contributed by atoms with Crippen LogP contribution in [0.25, 0.3) is 0 Å². The molecule has 0 saturated heterocycles. The fourth-order valence-electron chi connectivity index (χ4n) is 1.72. The lowest BCUT2D eigenvalue weighted by Gasteiger charge is -2.18. The van der Waals surface area contributed by atoms with E-state index in [1.165, 1.54) is 0 Å². The lowest BCUT2D eigenvalue weighted by atomic mass is 10.1. The minimum Gasteiger partial charge on any atom is -0.481 e. The molecule has 0 heterocycles. The van der Waals surface area contributed by atoms with Gasteiger partial charge in [-0.1, -0.05) is 19.1 Å². The van der Waals surface area contributed by atoms with E-state index in [2.05, 4.69) is 5.32 Å². The first-order valence-electron chi connectivity index (χ1n) is 6.68. The van der Waals surface area contributed by atoms with Crippen LogP contribution in [0.15, 0.2) is 18.2 Å². The molecule has 2 unspecified atom stereocenters. The van der Waals surface area contributed by atoms with Gasteiger partial charge in [0.1, 0.15) is 5.75 Å². The normalized spacial score (nSPS) is 13.7. The lowest BCUT2D eigenvalue weighted by molar-refractivity contribution is -0.127. The number of hydrogen-bond donors (Lipinski definition) is 2. The van der Waals surface area contributed by atoms with Crippen molar-refractivity contribution >= 4 is 5.91 Å². The Bertz CT molecular complexity index is 429. The number of aryl methyl sites for hydroxylation is 1. The summed E-state index contributed by atoms with van der Waals surface area (Å²) >= 11 is 0. The van der Waals surface area contributed by atoms with Gasteiger partial charge in [-0.3, -0.25) is 4.79 Å². The SMILES string of the molecule is CCCNC(=O)C(C)Oc1cc(C)ccc1C(C)O. The Morgan fingerprint density at radius 2 is 2.11 bits per heavy atom. The lowest BCUT2D eigenvalue weighted by Crippen LogP contribution is -2.36. The Balaban J connectivity index is 2.80. The zero-order valence-corrected chi connectivity index (χ0v) is 12.1. The Morgan fingerprint density at radius 1 is 1.42 bits per heavy atom. The largest absolute Gasteiger partial charge is 0.481 e. The maximum absolute atomic E-state index is 11.8. The van der Waals surface area contributed by atoms with E-state index in [-0.39, 0.29) is 5.91 Å². The second-order valence-corrected chi connectivity index (χ2v) is 4.77. The summed E-state index contributed by atoms with van der Waals surface area (Å²) in [6.07, 6.45) is -0.311. The molecule has 0 aromatic heterocycles. The molecular weight excluding hydrogens is 242 g/mol. The van der Waals surface area contributed by atoms with Crippen molar-refractivity contribution in [3.8, 4) is 5.75 Å². The molecule has 1 aromatic rings. The zero-order valence-electron chi connectivity index (χ0n) is 12.1. The molecule has 0 aliphatic rings. The minimum absolute atomic E-state index is 0.139. The molecule has 4 heteroatoms. The third-order valence-corrected chi connectivity index (χ3v) is 2.84. The van der Waals surface area contributed by atoms with Crippen LogP contribution < -0.4 is 10.1 Å². The second kappa shape index (κ2) is 7.14. The number of carbonyl (C=O) groups excluding carboxylic acids is 1. The maximum Gasteiger partial charge on any atom is 0.260 e. The van der Waals surface area contributed by atoms with Crippen LogP contribution in [0, 0.1) is 6.92 Å². The van der Waals surface area contributed by atoms with Crippen LogP contribution in [0.1, 0.15) is 44.4 Å². The molecular formula is C15H23NO3. The number of carbonyl (C=O) groups is 1. The fraction of sp³-hybridized carbons (Fsp3) is 0.533. The molecule has 2 N–H and O–H groups in total. The van der Waals surface area contributed by atoms with Gasteiger partial charge in [-0.15, -0.1) is 0 Å². The van der Waals surface area contributed by atoms with Gasteiger partial charge >= 0.3 is 0 Å². The first-order chi connectivity index (χ1) is 8.95. The molecule has 0 aliphatic carbocycles. The van der Waals surface area contributed by atoms with Crippen molar-refractivity contribution in [1.29, 1.82) is 0 Å². The predicted molar refractivity (Wildman–Crippen MR) is 75.2 cm³/mol. The van der Waals surface area contributed by atoms with Crippen molar-refractivity contribution in [1.82, 2.24) is 5.32 Å². The molecule has 19 heavy (non-hydrogen) atoms. The Labute approximate surface area is 114 Å². The topological polar surface area (TPSA) is 58.6 Å². The van der Waals surface area contributed by atoms with Crippen molar-refractivity contribution in [3.63, 3.8) is 0 Å². The van der Waals surface area contributed by atoms with E-state index in [0.29, 0.717) is 17.9 Å². The van der Waals surface area contributed by atoms with Crippen LogP contribution in [-0.4, -0.2) is 23.7 Å². The first-order valence-corrected chi connectivity index (χ1v) is 6.68. The number of ether oxygens (including phenoxy) is 1. The highest BCUT2D eigenvalue weighted by Gasteiger charge is 2.17. The van der Waals surface area contributed by atoms with Gasteiger partial charge in [-0.05, 0) is 38.8 Å². The quantitative estimate of drug-likeness (QED) is 0.830. The summed E-state index contributed by atoms with van der Waals surface area (Å²) in [7, 11) is 0. The summed E-state index contributed by atoms with van der Waals surface area (Å²) in [5.74, 6) is 0.425. The Kier molecular flexibility index (Phi) is 5.83. The fourth-order valence-corrected chi connectivity index (χ4v) is 1.72. The van der Waals surface area contributed by atoms with Crippen LogP contribution in [0.3, 0.4) is 0 Å². The molecule has 0 aliphatic heterocycles. The van der Waals surface area contributed by atoms with Crippen LogP contribution in [0.2, 0.25) is 0 Å². The predicted octanol–water partition coefficient (Wildman–Crippen LogP) is 2.34. The molecule has 2 atom stereocenters. The Morgan fingerprint density at radius 3 is 2.68 bits per heavy atom. The van der Waals surface area contributed by atoms with Crippen molar-refractivity contribution in [2.24, 2.45) is 0 Å². The molecule has 0 spiro atoms. The van der Waals surface area contributed by atoms with Crippen molar-refractivity contribution in [2.75, 3.05) is 6.54 Å². The van der Waals surface area contributed by atoms with Gasteiger partial charge < -0.3 is 15.2 Å². The summed E-state index contributed by atoms with van der Waals surface area (Å²) in [6, 6.07) is 5.58. The van der Waals surface area contributed by atoms with E-state index in [9.17, 15) is 9.90 Å². The smallest absolute Gasteiger partial charge is 0.260 e. The summed E-state index contributed by atoms with van der Waals surface area (Å²) in [5, 5.41) is 12.5. The number of benzene rings is 1. The molecule has 0 saturated carbocycles. The van der Waals surface area contributed by atoms with Gasteiger partial charge in [0.15, 0.2) is 6.10 Å². The number of aliphatic hydroxyl groups is 1. The van der Waals surface area contributed by atoms with E-state index in [1.807, 2.05) is 32.0 Å². The standard InChI is InChI=1S/C15H23NO3/c1-5-8-16-15(18)12(4)19-14-9-10(2)6-7-13(14)11(3)17/h6-7,9,11-12,17H,5,8H2,1-4H3,(H,16,18).